The maximum absolute atomic E-state index is 13.2. The Bertz CT molecular complexity index is 1520. The van der Waals surface area contributed by atoms with Gasteiger partial charge in [0.15, 0.2) is 11.6 Å². The van der Waals surface area contributed by atoms with Gasteiger partial charge in [-0.2, -0.15) is 0 Å². The molecule has 2 heterocycles. The van der Waals surface area contributed by atoms with Gasteiger partial charge in [-0.15, -0.1) is 0 Å². The molecule has 1 aliphatic rings. The van der Waals surface area contributed by atoms with Crippen LogP contribution in [0.4, 0.5) is 11.5 Å². The van der Waals surface area contributed by atoms with Crippen molar-refractivity contribution in [2.24, 2.45) is 0 Å². The van der Waals surface area contributed by atoms with Gasteiger partial charge in [-0.25, -0.2) is 13.4 Å². The van der Waals surface area contributed by atoms with E-state index in [1.54, 1.807) is 25.1 Å². The molecule has 0 aliphatic carbocycles. The number of benzene rings is 3. The van der Waals surface area contributed by atoms with Crippen LogP contribution in [0.25, 0.3) is 10.9 Å². The van der Waals surface area contributed by atoms with Gasteiger partial charge in [0.25, 0.3) is 10.0 Å². The van der Waals surface area contributed by atoms with Crippen molar-refractivity contribution in [1.29, 1.82) is 0 Å². The van der Waals surface area contributed by atoms with E-state index in [2.05, 4.69) is 14.6 Å². The van der Waals surface area contributed by atoms with Gasteiger partial charge in [0, 0.05) is 17.5 Å². The topological polar surface area (TPSA) is 80.8 Å². The molecule has 0 saturated carbocycles. The summed E-state index contributed by atoms with van der Waals surface area (Å²) in [6.45, 7) is 3.35. The molecular formula is C26H24ClN3O4S. The molecule has 7 nitrogen and oxygen atoms in total. The number of hydrogen-bond donors (Lipinski definition) is 1. The Kier molecular flexibility index (Phi) is 6.17. The number of hydrogen-bond acceptors (Lipinski definition) is 6. The van der Waals surface area contributed by atoms with Crippen molar-refractivity contribution in [2.45, 2.75) is 18.4 Å². The third kappa shape index (κ3) is 4.72. The Hall–Kier alpha value is -3.49. The van der Waals surface area contributed by atoms with Crippen LogP contribution in [0.15, 0.2) is 71.6 Å². The number of nitrogens with one attached hydrogen (secondary N) is 1. The fourth-order valence-electron chi connectivity index (χ4n) is 3.99. The summed E-state index contributed by atoms with van der Waals surface area (Å²) in [6.07, 6.45) is 0. The van der Waals surface area contributed by atoms with Gasteiger partial charge < -0.3 is 14.4 Å². The second-order valence-electron chi connectivity index (χ2n) is 8.36. The van der Waals surface area contributed by atoms with Gasteiger partial charge in [0.05, 0.1) is 22.6 Å². The Morgan fingerprint density at radius 2 is 1.94 bits per heavy atom. The smallest absolute Gasteiger partial charge is 0.263 e. The number of pyridine rings is 1. The lowest BCUT2D eigenvalue weighted by molar-refractivity contribution is 0.302. The number of fused-ring (bicyclic) bond motifs is 2. The second-order valence-corrected chi connectivity index (χ2v) is 10.4. The molecule has 180 valence electrons. The van der Waals surface area contributed by atoms with Crippen LogP contribution < -0.4 is 19.1 Å². The van der Waals surface area contributed by atoms with Gasteiger partial charge >= 0.3 is 0 Å². The summed E-state index contributed by atoms with van der Waals surface area (Å²) in [5.41, 5.74) is 3.03. The lowest BCUT2D eigenvalue weighted by atomic mass is 10.1. The number of para-hydroxylation sites is 1. The van der Waals surface area contributed by atoms with Gasteiger partial charge in [0.2, 0.25) is 0 Å². The Morgan fingerprint density at radius 3 is 2.80 bits per heavy atom. The molecule has 0 fully saturated rings. The third-order valence-corrected chi connectivity index (χ3v) is 7.83. The lowest BCUT2D eigenvalue weighted by Crippen LogP contribution is -2.28. The zero-order chi connectivity index (χ0) is 24.6. The largest absolute Gasteiger partial charge is 0.490 e. The normalized spacial score (nSPS) is 13.3. The lowest BCUT2D eigenvalue weighted by Gasteiger charge is -2.28. The van der Waals surface area contributed by atoms with Crippen molar-refractivity contribution in [3.63, 3.8) is 0 Å². The summed E-state index contributed by atoms with van der Waals surface area (Å²) in [6, 6.07) is 19.9. The first-order valence-electron chi connectivity index (χ1n) is 11.1. The number of nitrogens with zero attached hydrogens (tertiary/aromatic N) is 2. The van der Waals surface area contributed by atoms with Crippen LogP contribution in [0.2, 0.25) is 5.02 Å². The van der Waals surface area contributed by atoms with Crippen molar-refractivity contribution in [3.8, 4) is 11.5 Å². The molecule has 1 aliphatic heterocycles. The summed E-state index contributed by atoms with van der Waals surface area (Å²) in [5, 5.41) is 1.21. The average Bonchev–Trinajstić information content (AvgIpc) is 2.84. The van der Waals surface area contributed by atoms with E-state index in [1.165, 1.54) is 6.07 Å². The quantitative estimate of drug-likeness (QED) is 0.374. The first kappa shape index (κ1) is 23.3. The molecular weight excluding hydrogens is 486 g/mol. The van der Waals surface area contributed by atoms with Gasteiger partial charge in [-0.3, -0.25) is 4.72 Å². The molecule has 0 bridgehead atoms. The minimum atomic E-state index is -3.96. The van der Waals surface area contributed by atoms with Crippen LogP contribution >= 0.6 is 11.6 Å². The third-order valence-electron chi connectivity index (χ3n) is 5.94. The zero-order valence-corrected chi connectivity index (χ0v) is 20.9. The maximum Gasteiger partial charge on any atom is 0.263 e. The highest BCUT2D eigenvalue weighted by Gasteiger charge is 2.22. The van der Waals surface area contributed by atoms with E-state index in [0.717, 1.165) is 28.9 Å². The van der Waals surface area contributed by atoms with Crippen LogP contribution in [-0.4, -0.2) is 33.6 Å². The SMILES string of the molecule is Cc1c(Cl)cccc1S(=O)(=O)Nc1nc2ccccc2cc1OCc1ccc2c(c1)N(C)CCO2. The first-order chi connectivity index (χ1) is 16.8. The molecule has 4 aromatic rings. The minimum Gasteiger partial charge on any atom is -0.490 e. The van der Waals surface area contributed by atoms with E-state index < -0.39 is 10.0 Å². The number of ether oxygens (including phenoxy) is 2. The van der Waals surface area contributed by atoms with Crippen molar-refractivity contribution in [2.75, 3.05) is 29.8 Å². The van der Waals surface area contributed by atoms with E-state index in [1.807, 2.05) is 49.5 Å². The van der Waals surface area contributed by atoms with Crippen molar-refractivity contribution in [1.82, 2.24) is 4.98 Å². The maximum atomic E-state index is 13.2. The molecule has 0 atom stereocenters. The number of rotatable bonds is 6. The summed E-state index contributed by atoms with van der Waals surface area (Å²) < 4.78 is 40.9. The number of sulfonamides is 1. The number of halogens is 1. The van der Waals surface area contributed by atoms with E-state index in [4.69, 9.17) is 21.1 Å². The predicted octanol–water partition coefficient (Wildman–Crippen LogP) is 5.41. The molecule has 35 heavy (non-hydrogen) atoms. The number of likely N-dealkylation sites (N-methyl/N-ethyl adjacent to an activating group) is 1. The van der Waals surface area contributed by atoms with Crippen LogP contribution in [0, 0.1) is 6.92 Å². The highest BCUT2D eigenvalue weighted by Crippen LogP contribution is 2.34. The first-order valence-corrected chi connectivity index (χ1v) is 13.0. The highest BCUT2D eigenvalue weighted by atomic mass is 35.5. The molecule has 9 heteroatoms. The molecule has 0 amide bonds. The fourth-order valence-corrected chi connectivity index (χ4v) is 5.50. The van der Waals surface area contributed by atoms with Gasteiger partial charge in [-0.1, -0.05) is 41.9 Å². The molecule has 3 aromatic carbocycles. The monoisotopic (exact) mass is 509 g/mol. The Balaban J connectivity index is 1.48. The van der Waals surface area contributed by atoms with E-state index in [-0.39, 0.29) is 17.3 Å². The number of anilines is 2. The van der Waals surface area contributed by atoms with E-state index >= 15 is 0 Å². The van der Waals surface area contributed by atoms with Crippen LogP contribution in [0.5, 0.6) is 11.5 Å². The summed E-state index contributed by atoms with van der Waals surface area (Å²) in [5.74, 6) is 1.27. The molecule has 0 saturated heterocycles. The molecule has 1 aromatic heterocycles. The van der Waals surface area contributed by atoms with Crippen molar-refractivity contribution >= 4 is 44.0 Å². The van der Waals surface area contributed by atoms with E-state index in [9.17, 15) is 8.42 Å². The average molecular weight is 510 g/mol. The summed E-state index contributed by atoms with van der Waals surface area (Å²) in [4.78, 5) is 6.77. The Labute approximate surface area is 209 Å². The predicted molar refractivity (Wildman–Crippen MR) is 138 cm³/mol. The van der Waals surface area contributed by atoms with Crippen molar-refractivity contribution in [3.05, 3.63) is 82.9 Å². The Morgan fingerprint density at radius 1 is 1.11 bits per heavy atom. The van der Waals surface area contributed by atoms with Crippen LogP contribution in [0.1, 0.15) is 11.1 Å². The summed E-state index contributed by atoms with van der Waals surface area (Å²) in [7, 11) is -1.94. The molecule has 0 unspecified atom stereocenters. The second kappa shape index (κ2) is 9.28. The minimum absolute atomic E-state index is 0.0867. The van der Waals surface area contributed by atoms with Crippen LogP contribution in [-0.2, 0) is 16.6 Å². The highest BCUT2D eigenvalue weighted by molar-refractivity contribution is 7.92. The van der Waals surface area contributed by atoms with Gasteiger partial charge in [-0.05, 0) is 54.4 Å². The number of aromatic nitrogens is 1. The van der Waals surface area contributed by atoms with Gasteiger partial charge in [0.1, 0.15) is 19.0 Å². The molecule has 5 rings (SSSR count). The van der Waals surface area contributed by atoms with Crippen LogP contribution in [0.3, 0.4) is 0 Å². The molecule has 1 N–H and O–H groups in total. The summed E-state index contributed by atoms with van der Waals surface area (Å²) >= 11 is 6.17. The van der Waals surface area contributed by atoms with Crippen molar-refractivity contribution < 1.29 is 17.9 Å². The van der Waals surface area contributed by atoms with E-state index in [0.29, 0.717) is 28.5 Å². The molecule has 0 radical (unpaired) electrons. The zero-order valence-electron chi connectivity index (χ0n) is 19.3. The standard InChI is InChI=1S/C26H24ClN3O4S/c1-17-20(27)7-5-9-25(17)35(31,32)29-26-24(15-19-6-3-4-8-21(19)28-26)34-16-18-10-11-23-22(14-18)30(2)12-13-33-23/h3-11,14-15H,12-13,16H2,1-2H3,(H,28,29). The fraction of sp³-hybridized carbons (Fsp3) is 0.192. The molecule has 0 spiro atoms.